The van der Waals surface area contributed by atoms with Crippen LogP contribution in [0.4, 0.5) is 24.0 Å². The van der Waals surface area contributed by atoms with Gasteiger partial charge in [-0.05, 0) is 17.7 Å². The van der Waals surface area contributed by atoms with E-state index < -0.39 is 11.2 Å². The summed E-state index contributed by atoms with van der Waals surface area (Å²) in [7, 11) is 1.50. The summed E-state index contributed by atoms with van der Waals surface area (Å²) in [6.07, 6.45) is -4.47. The average Bonchev–Trinajstić information content (AvgIpc) is 2.85. The van der Waals surface area contributed by atoms with E-state index in [1.54, 1.807) is 18.2 Å². The van der Waals surface area contributed by atoms with Gasteiger partial charge in [0.25, 0.3) is 0 Å². The van der Waals surface area contributed by atoms with Gasteiger partial charge in [0.05, 0.1) is 12.8 Å². The van der Waals surface area contributed by atoms with Crippen molar-refractivity contribution in [3.05, 3.63) is 28.8 Å². The number of halogens is 3. The van der Waals surface area contributed by atoms with E-state index in [0.717, 1.165) is 5.56 Å². The van der Waals surface area contributed by atoms with E-state index in [1.807, 2.05) is 0 Å². The van der Waals surface area contributed by atoms with Gasteiger partial charge in [-0.15, -0.1) is 10.2 Å². The number of hydrogen-bond donors (Lipinski definition) is 2. The summed E-state index contributed by atoms with van der Waals surface area (Å²) in [5.74, 6) is 0.545. The molecule has 9 heteroatoms. The summed E-state index contributed by atoms with van der Waals surface area (Å²) in [4.78, 5) is 0. The number of nitrogen functional groups attached to an aromatic ring is 1. The van der Waals surface area contributed by atoms with Crippen molar-refractivity contribution in [2.24, 2.45) is 0 Å². The fourth-order valence-corrected chi connectivity index (χ4v) is 2.09. The Balaban J connectivity index is 2.02. The number of nitrogens with two attached hydrogens (primary N) is 1. The molecular weight excluding hydrogens is 293 g/mol. The van der Waals surface area contributed by atoms with E-state index >= 15 is 0 Å². The third-order valence-corrected chi connectivity index (χ3v) is 3.33. The summed E-state index contributed by atoms with van der Waals surface area (Å²) in [6.45, 7) is 0.292. The second-order valence-corrected chi connectivity index (χ2v) is 4.82. The molecule has 108 valence electrons. The lowest BCUT2D eigenvalue weighted by Gasteiger charge is -2.07. The van der Waals surface area contributed by atoms with Crippen LogP contribution < -0.4 is 15.8 Å². The van der Waals surface area contributed by atoms with Crippen LogP contribution in [-0.2, 0) is 12.7 Å². The molecule has 0 fully saturated rings. The predicted molar refractivity (Wildman–Crippen MR) is 69.6 cm³/mol. The minimum Gasteiger partial charge on any atom is -0.495 e. The van der Waals surface area contributed by atoms with E-state index in [1.165, 1.54) is 7.11 Å². The molecule has 0 saturated heterocycles. The molecule has 2 aromatic rings. The normalized spacial score (nSPS) is 11.4. The minimum atomic E-state index is -4.47. The van der Waals surface area contributed by atoms with Gasteiger partial charge in [-0.3, -0.25) is 0 Å². The van der Waals surface area contributed by atoms with E-state index in [4.69, 9.17) is 10.5 Å². The van der Waals surface area contributed by atoms with Gasteiger partial charge in [-0.2, -0.15) is 13.2 Å². The molecule has 0 aliphatic heterocycles. The lowest BCUT2D eigenvalue weighted by Crippen LogP contribution is -2.03. The van der Waals surface area contributed by atoms with Crippen LogP contribution in [0.15, 0.2) is 18.2 Å². The maximum atomic E-state index is 12.4. The molecule has 1 heterocycles. The fourth-order valence-electron chi connectivity index (χ4n) is 1.48. The molecule has 0 aliphatic rings. The first-order valence-corrected chi connectivity index (χ1v) is 6.29. The van der Waals surface area contributed by atoms with Crippen LogP contribution in [0.1, 0.15) is 10.6 Å². The van der Waals surface area contributed by atoms with Gasteiger partial charge in [-0.1, -0.05) is 17.4 Å². The summed E-state index contributed by atoms with van der Waals surface area (Å²) in [5, 5.41) is 8.41. The largest absolute Gasteiger partial charge is 0.495 e. The van der Waals surface area contributed by atoms with E-state index in [-0.39, 0.29) is 5.13 Å². The van der Waals surface area contributed by atoms with Gasteiger partial charge in [0.15, 0.2) is 0 Å². The summed E-state index contributed by atoms with van der Waals surface area (Å²) in [5.41, 5.74) is 6.99. The quantitative estimate of drug-likeness (QED) is 0.850. The molecule has 1 aromatic heterocycles. The number of ether oxygens (including phenoxy) is 1. The first-order chi connectivity index (χ1) is 9.40. The lowest BCUT2D eigenvalue weighted by molar-refractivity contribution is -0.138. The Hall–Kier alpha value is -2.03. The summed E-state index contributed by atoms with van der Waals surface area (Å²) in [6, 6.07) is 5.12. The summed E-state index contributed by atoms with van der Waals surface area (Å²) >= 11 is 0.457. The average molecular weight is 304 g/mol. The Labute approximate surface area is 116 Å². The van der Waals surface area contributed by atoms with Crippen molar-refractivity contribution in [2.75, 3.05) is 18.2 Å². The van der Waals surface area contributed by atoms with Crippen molar-refractivity contribution in [1.29, 1.82) is 0 Å². The molecule has 0 aliphatic carbocycles. The van der Waals surface area contributed by atoms with Crippen molar-refractivity contribution in [2.45, 2.75) is 12.7 Å². The minimum absolute atomic E-state index is 0.103. The van der Waals surface area contributed by atoms with Crippen LogP contribution >= 0.6 is 11.3 Å². The molecule has 0 amide bonds. The Bertz CT molecular complexity index is 600. The highest BCUT2D eigenvalue weighted by Gasteiger charge is 2.35. The van der Waals surface area contributed by atoms with Crippen LogP contribution in [0.5, 0.6) is 5.75 Å². The van der Waals surface area contributed by atoms with Crippen LogP contribution in [0, 0.1) is 0 Å². The maximum absolute atomic E-state index is 12.4. The standard InChI is InChI=1S/C11H11F3N4OS/c1-19-8-3-2-6(4-7(8)15)5-16-10-18-17-9(20-10)11(12,13)14/h2-4H,5,15H2,1H3,(H,16,18). The first kappa shape index (κ1) is 14.4. The van der Waals surface area contributed by atoms with Gasteiger partial charge in [0.1, 0.15) is 5.75 Å². The van der Waals surface area contributed by atoms with Gasteiger partial charge in [0.2, 0.25) is 10.1 Å². The Morgan fingerprint density at radius 2 is 2.10 bits per heavy atom. The molecule has 5 nitrogen and oxygen atoms in total. The predicted octanol–water partition coefficient (Wildman–Crippen LogP) is 2.76. The van der Waals surface area contributed by atoms with Gasteiger partial charge >= 0.3 is 6.18 Å². The van der Waals surface area contributed by atoms with Crippen LogP contribution in [0.2, 0.25) is 0 Å². The molecule has 0 bridgehead atoms. The number of nitrogens with zero attached hydrogens (tertiary/aromatic N) is 2. The highest BCUT2D eigenvalue weighted by Crippen LogP contribution is 2.33. The molecule has 20 heavy (non-hydrogen) atoms. The zero-order valence-electron chi connectivity index (χ0n) is 10.4. The van der Waals surface area contributed by atoms with E-state index in [0.29, 0.717) is 29.3 Å². The second-order valence-electron chi connectivity index (χ2n) is 3.84. The monoisotopic (exact) mass is 304 g/mol. The number of aromatic nitrogens is 2. The molecule has 1 aromatic carbocycles. The maximum Gasteiger partial charge on any atom is 0.445 e. The number of anilines is 2. The SMILES string of the molecule is COc1ccc(CNc2nnc(C(F)(F)F)s2)cc1N. The Morgan fingerprint density at radius 3 is 2.65 bits per heavy atom. The van der Waals surface area contributed by atoms with Crippen LogP contribution in [0.3, 0.4) is 0 Å². The number of benzene rings is 1. The van der Waals surface area contributed by atoms with Crippen molar-refractivity contribution in [3.8, 4) is 5.75 Å². The number of nitrogens with one attached hydrogen (secondary N) is 1. The molecular formula is C11H11F3N4OS. The molecule has 0 saturated carbocycles. The Morgan fingerprint density at radius 1 is 1.35 bits per heavy atom. The summed E-state index contributed by atoms with van der Waals surface area (Å²) < 4.78 is 42.1. The van der Waals surface area contributed by atoms with Gasteiger partial charge in [-0.25, -0.2) is 0 Å². The van der Waals surface area contributed by atoms with Crippen molar-refractivity contribution in [3.63, 3.8) is 0 Å². The molecule has 0 unspecified atom stereocenters. The van der Waals surface area contributed by atoms with Gasteiger partial charge in [0, 0.05) is 6.54 Å². The highest BCUT2D eigenvalue weighted by atomic mass is 32.1. The topological polar surface area (TPSA) is 73.1 Å². The third-order valence-electron chi connectivity index (χ3n) is 2.41. The van der Waals surface area contributed by atoms with E-state index in [9.17, 15) is 13.2 Å². The number of methoxy groups -OCH3 is 1. The van der Waals surface area contributed by atoms with E-state index in [2.05, 4.69) is 15.5 Å². The third kappa shape index (κ3) is 3.29. The zero-order chi connectivity index (χ0) is 14.8. The Kier molecular flexibility index (Phi) is 3.98. The van der Waals surface area contributed by atoms with Crippen molar-refractivity contribution < 1.29 is 17.9 Å². The van der Waals surface area contributed by atoms with Crippen molar-refractivity contribution >= 4 is 22.2 Å². The van der Waals surface area contributed by atoms with Gasteiger partial charge < -0.3 is 15.8 Å². The number of hydrogen-bond acceptors (Lipinski definition) is 6. The molecule has 0 spiro atoms. The van der Waals surface area contributed by atoms with Crippen LogP contribution in [0.25, 0.3) is 0 Å². The lowest BCUT2D eigenvalue weighted by atomic mass is 10.2. The molecule has 3 N–H and O–H groups in total. The fraction of sp³-hybridized carbons (Fsp3) is 0.273. The van der Waals surface area contributed by atoms with Crippen LogP contribution in [-0.4, -0.2) is 17.3 Å². The second kappa shape index (κ2) is 5.53. The molecule has 0 atom stereocenters. The molecule has 2 rings (SSSR count). The smallest absolute Gasteiger partial charge is 0.445 e. The number of alkyl halides is 3. The number of rotatable bonds is 4. The zero-order valence-corrected chi connectivity index (χ0v) is 11.2. The first-order valence-electron chi connectivity index (χ1n) is 5.47. The highest BCUT2D eigenvalue weighted by molar-refractivity contribution is 7.15. The van der Waals surface area contributed by atoms with Crippen molar-refractivity contribution in [1.82, 2.24) is 10.2 Å². The molecule has 0 radical (unpaired) electrons.